The van der Waals surface area contributed by atoms with E-state index in [0.717, 1.165) is 28.4 Å². The topological polar surface area (TPSA) is 16.1 Å². The summed E-state index contributed by atoms with van der Waals surface area (Å²) < 4.78 is 1.09. The molecule has 0 radical (unpaired) electrons. The lowest BCUT2D eigenvalue weighted by atomic mass is 9.83. The van der Waals surface area contributed by atoms with E-state index in [1.807, 2.05) is 6.92 Å². The lowest BCUT2D eigenvalue weighted by molar-refractivity contribution is 0.299. The van der Waals surface area contributed by atoms with Crippen LogP contribution in [0.1, 0.15) is 31.4 Å². The van der Waals surface area contributed by atoms with Crippen molar-refractivity contribution in [2.45, 2.75) is 32.6 Å². The molecular formula is C13H19BrN2. The van der Waals surface area contributed by atoms with Gasteiger partial charge >= 0.3 is 0 Å². The predicted molar refractivity (Wildman–Crippen MR) is 71.9 cm³/mol. The second-order valence-corrected chi connectivity index (χ2v) is 5.60. The third-order valence-corrected chi connectivity index (χ3v) is 4.33. The number of pyridine rings is 1. The number of anilines is 1. The molecule has 0 unspecified atom stereocenters. The number of aromatic nitrogens is 1. The van der Waals surface area contributed by atoms with Crippen LogP contribution < -0.4 is 4.90 Å². The van der Waals surface area contributed by atoms with E-state index >= 15 is 0 Å². The number of hydrogen-bond donors (Lipinski definition) is 0. The zero-order valence-corrected chi connectivity index (χ0v) is 11.6. The summed E-state index contributed by atoms with van der Waals surface area (Å²) in [5.74, 6) is 2.05. The van der Waals surface area contributed by atoms with Gasteiger partial charge in [-0.25, -0.2) is 4.98 Å². The summed E-state index contributed by atoms with van der Waals surface area (Å²) in [6.07, 6.45) is 5.61. The molecule has 1 fully saturated rings. The SMILES string of the molecule is Cc1nc(N(C)CCC2CCC2)ccc1Br. The Hall–Kier alpha value is -0.570. The molecule has 0 N–H and O–H groups in total. The molecule has 2 rings (SSSR count). The van der Waals surface area contributed by atoms with Crippen molar-refractivity contribution in [1.82, 2.24) is 4.98 Å². The van der Waals surface area contributed by atoms with Crippen molar-refractivity contribution in [3.63, 3.8) is 0 Å². The number of rotatable bonds is 4. The first-order valence-electron chi connectivity index (χ1n) is 6.01. The molecule has 1 aliphatic rings. The summed E-state index contributed by atoms with van der Waals surface area (Å²) in [7, 11) is 2.13. The van der Waals surface area contributed by atoms with Crippen LogP contribution in [0, 0.1) is 12.8 Å². The molecule has 0 saturated heterocycles. The average Bonchev–Trinajstić information content (AvgIpc) is 2.19. The highest BCUT2D eigenvalue weighted by atomic mass is 79.9. The zero-order valence-electron chi connectivity index (χ0n) is 10.0. The Morgan fingerprint density at radius 2 is 2.19 bits per heavy atom. The first kappa shape index (κ1) is 11.9. The van der Waals surface area contributed by atoms with E-state index in [4.69, 9.17) is 0 Å². The van der Waals surface area contributed by atoms with Gasteiger partial charge in [-0.05, 0) is 47.3 Å². The molecule has 16 heavy (non-hydrogen) atoms. The van der Waals surface area contributed by atoms with Crippen LogP contribution in [0.15, 0.2) is 16.6 Å². The van der Waals surface area contributed by atoms with E-state index < -0.39 is 0 Å². The zero-order chi connectivity index (χ0) is 11.5. The minimum atomic E-state index is 0.971. The lowest BCUT2D eigenvalue weighted by Gasteiger charge is -2.28. The molecule has 3 heteroatoms. The molecule has 88 valence electrons. The van der Waals surface area contributed by atoms with Gasteiger partial charge in [-0.15, -0.1) is 0 Å². The van der Waals surface area contributed by atoms with Gasteiger partial charge in [0.2, 0.25) is 0 Å². The highest BCUT2D eigenvalue weighted by Crippen LogP contribution is 2.29. The maximum atomic E-state index is 4.57. The molecule has 1 aromatic heterocycles. The Balaban J connectivity index is 1.91. The first-order chi connectivity index (χ1) is 7.66. The summed E-state index contributed by atoms with van der Waals surface area (Å²) in [6, 6.07) is 4.16. The highest BCUT2D eigenvalue weighted by Gasteiger charge is 2.17. The summed E-state index contributed by atoms with van der Waals surface area (Å²) in [5, 5.41) is 0. The fourth-order valence-electron chi connectivity index (χ4n) is 2.02. The molecule has 1 aromatic rings. The third kappa shape index (κ3) is 2.76. The molecule has 1 saturated carbocycles. The third-order valence-electron chi connectivity index (χ3n) is 3.50. The predicted octanol–water partition coefficient (Wildman–Crippen LogP) is 3.78. The van der Waals surface area contributed by atoms with Gasteiger partial charge in [-0.1, -0.05) is 19.3 Å². The Morgan fingerprint density at radius 3 is 2.75 bits per heavy atom. The van der Waals surface area contributed by atoms with Gasteiger partial charge in [-0.2, -0.15) is 0 Å². The minimum absolute atomic E-state index is 0.971. The van der Waals surface area contributed by atoms with Crippen LogP contribution in [-0.4, -0.2) is 18.6 Å². The second kappa shape index (κ2) is 5.17. The van der Waals surface area contributed by atoms with Crippen LogP contribution in [0.4, 0.5) is 5.82 Å². The van der Waals surface area contributed by atoms with E-state index in [-0.39, 0.29) is 0 Å². The Labute approximate surface area is 106 Å². The van der Waals surface area contributed by atoms with E-state index in [1.54, 1.807) is 0 Å². The van der Waals surface area contributed by atoms with Gasteiger partial charge in [-0.3, -0.25) is 0 Å². The van der Waals surface area contributed by atoms with Crippen molar-refractivity contribution >= 4 is 21.7 Å². The molecule has 0 bridgehead atoms. The number of aryl methyl sites for hydroxylation is 1. The van der Waals surface area contributed by atoms with Crippen molar-refractivity contribution < 1.29 is 0 Å². The van der Waals surface area contributed by atoms with Gasteiger partial charge in [0.25, 0.3) is 0 Å². The van der Waals surface area contributed by atoms with Crippen LogP contribution in [0.25, 0.3) is 0 Å². The molecule has 2 nitrogen and oxygen atoms in total. The van der Waals surface area contributed by atoms with Gasteiger partial charge in [0.05, 0.1) is 5.69 Å². The van der Waals surface area contributed by atoms with Crippen molar-refractivity contribution in [3.05, 3.63) is 22.3 Å². The van der Waals surface area contributed by atoms with E-state index in [0.29, 0.717) is 0 Å². The van der Waals surface area contributed by atoms with E-state index in [9.17, 15) is 0 Å². The van der Waals surface area contributed by atoms with Crippen molar-refractivity contribution in [1.29, 1.82) is 0 Å². The van der Waals surface area contributed by atoms with Crippen LogP contribution in [-0.2, 0) is 0 Å². The second-order valence-electron chi connectivity index (χ2n) is 4.74. The fourth-order valence-corrected chi connectivity index (χ4v) is 2.24. The van der Waals surface area contributed by atoms with Crippen LogP contribution in [0.3, 0.4) is 0 Å². The normalized spacial score (nSPS) is 15.9. The van der Waals surface area contributed by atoms with Crippen molar-refractivity contribution in [2.24, 2.45) is 5.92 Å². The van der Waals surface area contributed by atoms with E-state index in [2.05, 4.69) is 45.0 Å². The quantitative estimate of drug-likeness (QED) is 0.836. The van der Waals surface area contributed by atoms with Gasteiger partial charge < -0.3 is 4.90 Å². The molecular weight excluding hydrogens is 264 g/mol. The first-order valence-corrected chi connectivity index (χ1v) is 6.80. The number of halogens is 1. The summed E-state index contributed by atoms with van der Waals surface area (Å²) in [4.78, 5) is 6.84. The molecule has 1 aliphatic carbocycles. The maximum Gasteiger partial charge on any atom is 0.128 e. The van der Waals surface area contributed by atoms with Crippen LogP contribution in [0.2, 0.25) is 0 Å². The Kier molecular flexibility index (Phi) is 3.85. The largest absolute Gasteiger partial charge is 0.360 e. The molecule has 0 atom stereocenters. The smallest absolute Gasteiger partial charge is 0.128 e. The summed E-state index contributed by atoms with van der Waals surface area (Å²) >= 11 is 3.48. The van der Waals surface area contributed by atoms with Crippen LogP contribution >= 0.6 is 15.9 Å². The van der Waals surface area contributed by atoms with Crippen LogP contribution in [0.5, 0.6) is 0 Å². The molecule has 0 spiro atoms. The molecule has 0 aromatic carbocycles. The Bertz CT molecular complexity index is 361. The maximum absolute atomic E-state index is 4.57. The minimum Gasteiger partial charge on any atom is -0.360 e. The molecule has 0 aliphatic heterocycles. The molecule has 0 amide bonds. The average molecular weight is 283 g/mol. The standard InChI is InChI=1S/C13H19BrN2/c1-10-12(14)6-7-13(15-10)16(2)9-8-11-4-3-5-11/h6-7,11H,3-5,8-9H2,1-2H3. The van der Waals surface area contributed by atoms with Gasteiger partial charge in [0, 0.05) is 18.1 Å². The van der Waals surface area contributed by atoms with Gasteiger partial charge in [0.15, 0.2) is 0 Å². The Morgan fingerprint density at radius 1 is 1.44 bits per heavy atom. The van der Waals surface area contributed by atoms with Crippen molar-refractivity contribution in [2.75, 3.05) is 18.5 Å². The van der Waals surface area contributed by atoms with Gasteiger partial charge in [0.1, 0.15) is 5.82 Å². The lowest BCUT2D eigenvalue weighted by Crippen LogP contribution is -2.24. The number of hydrogen-bond acceptors (Lipinski definition) is 2. The summed E-state index contributed by atoms with van der Waals surface area (Å²) in [5.41, 5.74) is 1.06. The van der Waals surface area contributed by atoms with E-state index in [1.165, 1.54) is 25.7 Å². The highest BCUT2D eigenvalue weighted by molar-refractivity contribution is 9.10. The number of nitrogens with zero attached hydrogens (tertiary/aromatic N) is 2. The summed E-state index contributed by atoms with van der Waals surface area (Å²) in [6.45, 7) is 3.16. The monoisotopic (exact) mass is 282 g/mol. The molecule has 1 heterocycles. The van der Waals surface area contributed by atoms with Crippen molar-refractivity contribution in [3.8, 4) is 0 Å². The fraction of sp³-hybridized carbons (Fsp3) is 0.615.